The highest BCUT2D eigenvalue weighted by atomic mass is 35.5. The summed E-state index contributed by atoms with van der Waals surface area (Å²) in [6.07, 6.45) is 0.972. The van der Waals surface area contributed by atoms with Gasteiger partial charge in [-0.3, -0.25) is 0 Å². The quantitative estimate of drug-likeness (QED) is 0.934. The second kappa shape index (κ2) is 5.67. The first kappa shape index (κ1) is 14.0. The van der Waals surface area contributed by atoms with Gasteiger partial charge in [-0.2, -0.15) is 0 Å². The molecule has 0 spiro atoms. The molecule has 2 rings (SSSR count). The van der Waals surface area contributed by atoms with Gasteiger partial charge in [0.2, 0.25) is 0 Å². The van der Waals surface area contributed by atoms with E-state index < -0.39 is 11.8 Å². The molecule has 0 amide bonds. The van der Waals surface area contributed by atoms with Crippen LogP contribution in [-0.2, 0) is 12.8 Å². The maximum Gasteiger partial charge on any atom is 0.347 e. The Kier molecular flexibility index (Phi) is 4.17. The van der Waals surface area contributed by atoms with Gasteiger partial charge in [-0.05, 0) is 24.1 Å². The number of carboxylic acids is 1. The molecule has 0 aliphatic rings. The van der Waals surface area contributed by atoms with Crippen molar-refractivity contribution in [3.63, 3.8) is 0 Å². The number of hydrogen-bond acceptors (Lipinski definition) is 3. The van der Waals surface area contributed by atoms with Crippen LogP contribution < -0.4 is 0 Å². The molecule has 1 aromatic carbocycles. The number of nitrogens with zero attached hydrogens (tertiary/aromatic N) is 1. The zero-order chi connectivity index (χ0) is 14.0. The zero-order valence-electron chi connectivity index (χ0n) is 10.1. The third-order valence-electron chi connectivity index (χ3n) is 2.61. The van der Waals surface area contributed by atoms with E-state index in [2.05, 4.69) is 4.98 Å². The van der Waals surface area contributed by atoms with Crippen molar-refractivity contribution in [1.82, 2.24) is 4.98 Å². The van der Waals surface area contributed by atoms with Crippen molar-refractivity contribution >= 4 is 28.9 Å². The summed E-state index contributed by atoms with van der Waals surface area (Å²) in [5, 5.41) is 10.2. The van der Waals surface area contributed by atoms with Crippen molar-refractivity contribution in [3.8, 4) is 0 Å². The summed E-state index contributed by atoms with van der Waals surface area (Å²) in [7, 11) is 0. The third-order valence-corrected chi connectivity index (χ3v) is 4.19. The number of aromatic nitrogens is 1. The lowest BCUT2D eigenvalue weighted by molar-refractivity contribution is 0.0701. The van der Waals surface area contributed by atoms with E-state index in [4.69, 9.17) is 16.7 Å². The van der Waals surface area contributed by atoms with E-state index in [1.807, 2.05) is 6.92 Å². The van der Waals surface area contributed by atoms with Crippen molar-refractivity contribution in [1.29, 1.82) is 0 Å². The molecule has 0 aliphatic carbocycles. The van der Waals surface area contributed by atoms with Crippen molar-refractivity contribution in [3.05, 3.63) is 50.2 Å². The minimum absolute atomic E-state index is 0.220. The SMILES string of the molecule is CCc1nc(Cc2ccc(F)cc2Cl)c(C(=O)O)s1. The van der Waals surface area contributed by atoms with Gasteiger partial charge >= 0.3 is 5.97 Å². The first-order valence-corrected chi connectivity index (χ1v) is 6.86. The number of carboxylic acid groups (broad SMARTS) is 1. The van der Waals surface area contributed by atoms with Gasteiger partial charge in [-0.15, -0.1) is 11.3 Å². The lowest BCUT2D eigenvalue weighted by Gasteiger charge is -2.03. The maximum absolute atomic E-state index is 13.0. The molecule has 1 aromatic heterocycles. The van der Waals surface area contributed by atoms with Gasteiger partial charge in [0.25, 0.3) is 0 Å². The second-order valence-corrected chi connectivity index (χ2v) is 5.45. The van der Waals surface area contributed by atoms with Crippen LogP contribution in [0.1, 0.15) is 32.9 Å². The van der Waals surface area contributed by atoms with Crippen LogP contribution in [0.2, 0.25) is 5.02 Å². The Bertz CT molecular complexity index is 627. The Morgan fingerprint density at radius 1 is 1.53 bits per heavy atom. The van der Waals surface area contributed by atoms with E-state index in [0.717, 1.165) is 5.01 Å². The Labute approximate surface area is 118 Å². The van der Waals surface area contributed by atoms with Crippen LogP contribution in [0.3, 0.4) is 0 Å². The molecule has 1 heterocycles. The van der Waals surface area contributed by atoms with Crippen LogP contribution in [0.15, 0.2) is 18.2 Å². The van der Waals surface area contributed by atoms with Crippen LogP contribution in [0.25, 0.3) is 0 Å². The zero-order valence-corrected chi connectivity index (χ0v) is 11.7. The monoisotopic (exact) mass is 299 g/mol. The van der Waals surface area contributed by atoms with E-state index in [1.54, 1.807) is 6.07 Å². The summed E-state index contributed by atoms with van der Waals surface area (Å²) >= 11 is 7.11. The van der Waals surface area contributed by atoms with E-state index in [0.29, 0.717) is 17.7 Å². The fraction of sp³-hybridized carbons (Fsp3) is 0.231. The fourth-order valence-electron chi connectivity index (χ4n) is 1.68. The first-order valence-electron chi connectivity index (χ1n) is 5.67. The molecular weight excluding hydrogens is 289 g/mol. The van der Waals surface area contributed by atoms with E-state index >= 15 is 0 Å². The van der Waals surface area contributed by atoms with E-state index in [-0.39, 0.29) is 16.3 Å². The van der Waals surface area contributed by atoms with Crippen molar-refractivity contribution in [2.24, 2.45) is 0 Å². The Hall–Kier alpha value is -1.46. The van der Waals surface area contributed by atoms with Gasteiger partial charge in [0.05, 0.1) is 10.7 Å². The van der Waals surface area contributed by atoms with Crippen LogP contribution in [0.4, 0.5) is 4.39 Å². The van der Waals surface area contributed by atoms with E-state index in [9.17, 15) is 9.18 Å². The van der Waals surface area contributed by atoms with Crippen LogP contribution in [0, 0.1) is 5.82 Å². The van der Waals surface area contributed by atoms with Crippen molar-refractivity contribution < 1.29 is 14.3 Å². The minimum Gasteiger partial charge on any atom is -0.477 e. The largest absolute Gasteiger partial charge is 0.477 e. The molecule has 0 aliphatic heterocycles. The molecule has 0 saturated carbocycles. The average molecular weight is 300 g/mol. The average Bonchev–Trinajstić information content (AvgIpc) is 2.76. The number of halogens is 2. The molecule has 0 unspecified atom stereocenters. The number of benzene rings is 1. The number of aromatic carboxylic acids is 1. The van der Waals surface area contributed by atoms with Gasteiger partial charge in [0.1, 0.15) is 10.7 Å². The van der Waals surface area contributed by atoms with E-state index in [1.165, 1.54) is 23.5 Å². The molecule has 0 radical (unpaired) electrons. The Balaban J connectivity index is 2.37. The maximum atomic E-state index is 13.0. The number of rotatable bonds is 4. The molecular formula is C13H11ClFNO2S. The summed E-state index contributed by atoms with van der Waals surface area (Å²) in [4.78, 5) is 15.7. The predicted molar refractivity (Wildman–Crippen MR) is 72.7 cm³/mol. The molecule has 100 valence electrons. The number of hydrogen-bond donors (Lipinski definition) is 1. The number of aryl methyl sites for hydroxylation is 1. The Morgan fingerprint density at radius 3 is 2.84 bits per heavy atom. The fourth-order valence-corrected chi connectivity index (χ4v) is 2.78. The van der Waals surface area contributed by atoms with Crippen LogP contribution in [0.5, 0.6) is 0 Å². The summed E-state index contributed by atoms with van der Waals surface area (Å²) in [5.74, 6) is -1.41. The van der Waals surface area contributed by atoms with Gasteiger partial charge in [0, 0.05) is 11.4 Å². The smallest absolute Gasteiger partial charge is 0.347 e. The number of thiazole rings is 1. The molecule has 0 saturated heterocycles. The molecule has 0 fully saturated rings. The van der Waals surface area contributed by atoms with Crippen molar-refractivity contribution in [2.45, 2.75) is 19.8 Å². The molecule has 3 nitrogen and oxygen atoms in total. The molecule has 1 N–H and O–H groups in total. The summed E-state index contributed by atoms with van der Waals surface area (Å²) in [6, 6.07) is 4.06. The standard InChI is InChI=1S/C13H11ClFNO2S/c1-2-11-16-10(12(19-11)13(17)18)5-7-3-4-8(15)6-9(7)14/h3-4,6H,2,5H2,1H3,(H,17,18). The van der Waals surface area contributed by atoms with Gasteiger partial charge in [0.15, 0.2) is 0 Å². The van der Waals surface area contributed by atoms with Crippen LogP contribution >= 0.6 is 22.9 Å². The lowest BCUT2D eigenvalue weighted by Crippen LogP contribution is -2.00. The highest BCUT2D eigenvalue weighted by Gasteiger charge is 2.17. The van der Waals surface area contributed by atoms with Crippen molar-refractivity contribution in [2.75, 3.05) is 0 Å². The second-order valence-electron chi connectivity index (χ2n) is 3.95. The molecule has 2 aromatic rings. The molecule has 6 heteroatoms. The van der Waals surface area contributed by atoms with Crippen LogP contribution in [-0.4, -0.2) is 16.1 Å². The highest BCUT2D eigenvalue weighted by Crippen LogP contribution is 2.25. The molecule has 19 heavy (non-hydrogen) atoms. The minimum atomic E-state index is -0.995. The molecule has 0 bridgehead atoms. The number of carbonyl (C=O) groups is 1. The highest BCUT2D eigenvalue weighted by molar-refractivity contribution is 7.13. The van der Waals surface area contributed by atoms with Gasteiger partial charge in [-0.1, -0.05) is 24.6 Å². The van der Waals surface area contributed by atoms with Gasteiger partial charge < -0.3 is 5.11 Å². The summed E-state index contributed by atoms with van der Waals surface area (Å²) in [6.45, 7) is 1.92. The Morgan fingerprint density at radius 2 is 2.26 bits per heavy atom. The van der Waals surface area contributed by atoms with Gasteiger partial charge in [-0.25, -0.2) is 14.2 Å². The normalized spacial score (nSPS) is 10.7. The topological polar surface area (TPSA) is 50.2 Å². The third kappa shape index (κ3) is 3.11. The first-order chi connectivity index (χ1) is 9.01. The lowest BCUT2D eigenvalue weighted by atomic mass is 10.1. The molecule has 0 atom stereocenters. The predicted octanol–water partition coefficient (Wildman–Crippen LogP) is 3.79. The summed E-state index contributed by atoms with van der Waals surface area (Å²) in [5.41, 5.74) is 1.14. The summed E-state index contributed by atoms with van der Waals surface area (Å²) < 4.78 is 13.0.